The number of halogens is 3. The van der Waals surface area contributed by atoms with Gasteiger partial charge in [0.15, 0.2) is 0 Å². The fourth-order valence-electron chi connectivity index (χ4n) is 2.63. The number of carbonyl (C=O) groups excluding carboxylic acids is 2. The molecular weight excluding hydrogens is 399 g/mol. The zero-order chi connectivity index (χ0) is 22.1. The van der Waals surface area contributed by atoms with Crippen LogP contribution in [0.3, 0.4) is 0 Å². The monoisotopic (exact) mass is 423 g/mol. The van der Waals surface area contributed by atoms with Crippen LogP contribution in [0.2, 0.25) is 0 Å². The van der Waals surface area contributed by atoms with Gasteiger partial charge < -0.3 is 20.3 Å². The van der Waals surface area contributed by atoms with Crippen LogP contribution >= 0.6 is 0 Å². The van der Waals surface area contributed by atoms with Crippen LogP contribution < -0.4 is 15.5 Å². The molecule has 30 heavy (non-hydrogen) atoms. The summed E-state index contributed by atoms with van der Waals surface area (Å²) in [5, 5.41) is 5.05. The topological polar surface area (TPSA) is 70.7 Å². The van der Waals surface area contributed by atoms with Gasteiger partial charge in [-0.05, 0) is 30.2 Å². The minimum atomic E-state index is -4.51. The second-order valence-corrected chi connectivity index (χ2v) is 6.76. The molecule has 6 nitrogen and oxygen atoms in total. The van der Waals surface area contributed by atoms with Crippen molar-refractivity contribution in [2.24, 2.45) is 0 Å². The summed E-state index contributed by atoms with van der Waals surface area (Å²) in [7, 11) is 3.34. The molecule has 2 aromatic rings. The average Bonchev–Trinajstić information content (AvgIpc) is 2.69. The third-order valence-corrected chi connectivity index (χ3v) is 4.14. The van der Waals surface area contributed by atoms with Crippen molar-refractivity contribution >= 4 is 23.4 Å². The number of rotatable bonds is 8. The molecule has 162 valence electrons. The van der Waals surface area contributed by atoms with Gasteiger partial charge in [0.1, 0.15) is 6.61 Å². The van der Waals surface area contributed by atoms with Crippen molar-refractivity contribution in [1.82, 2.24) is 5.32 Å². The van der Waals surface area contributed by atoms with Gasteiger partial charge in [-0.25, -0.2) is 4.79 Å². The average molecular weight is 423 g/mol. The summed E-state index contributed by atoms with van der Waals surface area (Å²) in [4.78, 5) is 25.4. The molecule has 2 N–H and O–H groups in total. The number of hydrogen-bond donors (Lipinski definition) is 2. The van der Waals surface area contributed by atoms with E-state index in [1.165, 1.54) is 6.07 Å². The van der Waals surface area contributed by atoms with Gasteiger partial charge in [-0.1, -0.05) is 30.3 Å². The number of ether oxygens (including phenoxy) is 1. The lowest BCUT2D eigenvalue weighted by Gasteiger charge is -2.20. The molecule has 0 saturated carbocycles. The smallest absolute Gasteiger partial charge is 0.416 e. The maximum absolute atomic E-state index is 13.0. The summed E-state index contributed by atoms with van der Waals surface area (Å²) < 4.78 is 43.9. The van der Waals surface area contributed by atoms with Gasteiger partial charge in [0.05, 0.1) is 16.9 Å². The quantitative estimate of drug-likeness (QED) is 0.617. The predicted molar refractivity (Wildman–Crippen MR) is 108 cm³/mol. The van der Waals surface area contributed by atoms with Gasteiger partial charge in [0.25, 0.3) is 0 Å². The molecule has 0 aliphatic rings. The number of nitrogens with one attached hydrogen (secondary N) is 2. The molecule has 0 aliphatic heterocycles. The fourth-order valence-corrected chi connectivity index (χ4v) is 2.63. The van der Waals surface area contributed by atoms with Gasteiger partial charge in [-0.2, -0.15) is 13.2 Å². The second-order valence-electron chi connectivity index (χ2n) is 6.76. The van der Waals surface area contributed by atoms with E-state index in [2.05, 4.69) is 10.6 Å². The molecule has 0 aromatic heterocycles. The minimum absolute atomic E-state index is 0.0298. The molecule has 0 saturated heterocycles. The Kier molecular flexibility index (Phi) is 8.08. The first-order valence-electron chi connectivity index (χ1n) is 9.30. The van der Waals surface area contributed by atoms with Crippen LogP contribution in [-0.4, -0.2) is 32.6 Å². The van der Waals surface area contributed by atoms with Crippen molar-refractivity contribution in [3.05, 3.63) is 59.7 Å². The first-order valence-corrected chi connectivity index (χ1v) is 9.30. The molecule has 0 aliphatic carbocycles. The largest absolute Gasteiger partial charge is 0.445 e. The molecular formula is C21H24F3N3O3. The van der Waals surface area contributed by atoms with Crippen molar-refractivity contribution < 1.29 is 27.5 Å². The highest BCUT2D eigenvalue weighted by atomic mass is 19.4. The summed E-state index contributed by atoms with van der Waals surface area (Å²) in [6.45, 7) is 0.334. The molecule has 0 fully saturated rings. The van der Waals surface area contributed by atoms with E-state index in [1.54, 1.807) is 19.0 Å². The normalized spacial score (nSPS) is 11.0. The van der Waals surface area contributed by atoms with E-state index < -0.39 is 23.7 Å². The van der Waals surface area contributed by atoms with E-state index >= 15 is 0 Å². The fraction of sp³-hybridized carbons (Fsp3) is 0.333. The van der Waals surface area contributed by atoms with Gasteiger partial charge in [0, 0.05) is 27.1 Å². The lowest BCUT2D eigenvalue weighted by atomic mass is 10.1. The van der Waals surface area contributed by atoms with Crippen LogP contribution in [0.15, 0.2) is 48.5 Å². The molecule has 0 spiro atoms. The van der Waals surface area contributed by atoms with Crippen LogP contribution in [0.5, 0.6) is 0 Å². The Morgan fingerprint density at radius 2 is 1.77 bits per heavy atom. The van der Waals surface area contributed by atoms with Crippen LogP contribution in [0.1, 0.15) is 24.0 Å². The number of alkyl halides is 3. The number of carbonyl (C=O) groups is 2. The van der Waals surface area contributed by atoms with Crippen molar-refractivity contribution in [3.63, 3.8) is 0 Å². The summed E-state index contributed by atoms with van der Waals surface area (Å²) in [5.41, 5.74) is 0.546. The maximum atomic E-state index is 13.0. The Bertz CT molecular complexity index is 856. The molecule has 2 amide bonds. The summed E-state index contributed by atoms with van der Waals surface area (Å²) in [6.07, 6.45) is -4.77. The standard InChI is InChI=1S/C21H24F3N3O3/c1-27(2)18-11-10-16(21(22,23)24)13-17(18)26-19(28)9-6-12-25-20(29)30-14-15-7-4-3-5-8-15/h3-5,7-8,10-11,13H,6,9,12,14H2,1-2H3,(H,25,29)(H,26,28). The van der Waals surface area contributed by atoms with Gasteiger partial charge >= 0.3 is 12.3 Å². The Morgan fingerprint density at radius 1 is 1.07 bits per heavy atom. The predicted octanol–water partition coefficient (Wildman–Crippen LogP) is 4.42. The van der Waals surface area contributed by atoms with E-state index in [0.717, 1.165) is 17.7 Å². The highest BCUT2D eigenvalue weighted by molar-refractivity contribution is 5.94. The molecule has 0 atom stereocenters. The minimum Gasteiger partial charge on any atom is -0.445 e. The summed E-state index contributed by atoms with van der Waals surface area (Å²) >= 11 is 0. The number of hydrogen-bond acceptors (Lipinski definition) is 4. The van der Waals surface area contributed by atoms with Crippen molar-refractivity contribution in [3.8, 4) is 0 Å². The number of anilines is 2. The Morgan fingerprint density at radius 3 is 2.40 bits per heavy atom. The van der Waals surface area contributed by atoms with Crippen molar-refractivity contribution in [2.45, 2.75) is 25.6 Å². The second kappa shape index (κ2) is 10.5. The zero-order valence-corrected chi connectivity index (χ0v) is 16.8. The molecule has 2 aromatic carbocycles. The van der Waals surface area contributed by atoms with Crippen LogP contribution in [-0.2, 0) is 22.3 Å². The van der Waals surface area contributed by atoms with Crippen molar-refractivity contribution in [1.29, 1.82) is 0 Å². The first-order chi connectivity index (χ1) is 14.2. The molecule has 0 heterocycles. The lowest BCUT2D eigenvalue weighted by molar-refractivity contribution is -0.137. The summed E-state index contributed by atoms with van der Waals surface area (Å²) in [6, 6.07) is 12.4. The van der Waals surface area contributed by atoms with E-state index in [0.29, 0.717) is 12.1 Å². The zero-order valence-electron chi connectivity index (χ0n) is 16.8. The van der Waals surface area contributed by atoms with Gasteiger partial charge in [0.2, 0.25) is 5.91 Å². The lowest BCUT2D eigenvalue weighted by Crippen LogP contribution is -2.26. The SMILES string of the molecule is CN(C)c1ccc(C(F)(F)F)cc1NC(=O)CCCNC(=O)OCc1ccccc1. The van der Waals surface area contributed by atoms with E-state index in [9.17, 15) is 22.8 Å². The number of alkyl carbamates (subject to hydrolysis) is 1. The van der Waals surface area contributed by atoms with Crippen LogP contribution in [0.4, 0.5) is 29.3 Å². The third-order valence-electron chi connectivity index (χ3n) is 4.14. The highest BCUT2D eigenvalue weighted by Crippen LogP contribution is 2.34. The molecule has 0 bridgehead atoms. The highest BCUT2D eigenvalue weighted by Gasteiger charge is 2.31. The Labute approximate surface area is 173 Å². The Balaban J connectivity index is 1.79. The van der Waals surface area contributed by atoms with Gasteiger partial charge in [-0.15, -0.1) is 0 Å². The first kappa shape index (κ1) is 23.1. The van der Waals surface area contributed by atoms with Crippen LogP contribution in [0, 0.1) is 0 Å². The van der Waals surface area contributed by atoms with E-state index in [-0.39, 0.29) is 25.3 Å². The number of nitrogens with zero attached hydrogens (tertiary/aromatic N) is 1. The maximum Gasteiger partial charge on any atom is 0.416 e. The molecule has 0 radical (unpaired) electrons. The molecule has 0 unspecified atom stereocenters. The number of benzene rings is 2. The number of amides is 2. The van der Waals surface area contributed by atoms with Gasteiger partial charge in [-0.3, -0.25) is 4.79 Å². The van der Waals surface area contributed by atoms with E-state index in [1.807, 2.05) is 30.3 Å². The molecule has 2 rings (SSSR count). The third kappa shape index (κ3) is 7.31. The Hall–Kier alpha value is -3.23. The van der Waals surface area contributed by atoms with Crippen molar-refractivity contribution in [2.75, 3.05) is 30.9 Å². The van der Waals surface area contributed by atoms with Crippen LogP contribution in [0.25, 0.3) is 0 Å². The molecule has 9 heteroatoms. The summed E-state index contributed by atoms with van der Waals surface area (Å²) in [5.74, 6) is -0.447. The van der Waals surface area contributed by atoms with E-state index in [4.69, 9.17) is 4.74 Å².